The standard InChI is InChI=1S/C15H19N5/c1-12-11-14(3-8-16-12)19-13-4-9-20(10-5-13)15-17-6-2-7-18-15/h2-3,6-8,11,13H,4-5,9-10H2,1H3,(H,16,19). The van der Waals surface area contributed by atoms with E-state index in [9.17, 15) is 0 Å². The molecule has 5 nitrogen and oxygen atoms in total. The lowest BCUT2D eigenvalue weighted by Crippen LogP contribution is -2.39. The fourth-order valence-corrected chi connectivity index (χ4v) is 2.55. The van der Waals surface area contributed by atoms with Crippen molar-refractivity contribution in [3.05, 3.63) is 42.5 Å². The molecule has 1 saturated heterocycles. The molecule has 1 aliphatic heterocycles. The van der Waals surface area contributed by atoms with Crippen LogP contribution in [-0.4, -0.2) is 34.1 Å². The SMILES string of the molecule is Cc1cc(NC2CCN(c3ncccn3)CC2)ccn1. The first kappa shape index (κ1) is 12.8. The van der Waals surface area contributed by atoms with Crippen molar-refractivity contribution >= 4 is 11.6 Å². The molecule has 0 unspecified atom stereocenters. The maximum absolute atomic E-state index is 4.31. The van der Waals surface area contributed by atoms with Crippen LogP contribution in [0.1, 0.15) is 18.5 Å². The molecule has 0 radical (unpaired) electrons. The highest BCUT2D eigenvalue weighted by Crippen LogP contribution is 2.19. The van der Waals surface area contributed by atoms with E-state index in [-0.39, 0.29) is 0 Å². The monoisotopic (exact) mass is 269 g/mol. The van der Waals surface area contributed by atoms with E-state index in [2.05, 4.69) is 31.2 Å². The Bertz CT molecular complexity index is 549. The van der Waals surface area contributed by atoms with Gasteiger partial charge < -0.3 is 10.2 Å². The molecule has 0 aliphatic carbocycles. The molecule has 1 aliphatic rings. The Balaban J connectivity index is 1.56. The van der Waals surface area contributed by atoms with E-state index in [1.165, 1.54) is 0 Å². The van der Waals surface area contributed by atoms with Gasteiger partial charge in [0.15, 0.2) is 0 Å². The molecule has 0 spiro atoms. The lowest BCUT2D eigenvalue weighted by atomic mass is 10.0. The molecule has 5 heteroatoms. The Morgan fingerprint density at radius 2 is 1.85 bits per heavy atom. The summed E-state index contributed by atoms with van der Waals surface area (Å²) in [5, 5.41) is 3.59. The van der Waals surface area contributed by atoms with Crippen LogP contribution in [0.5, 0.6) is 0 Å². The first-order chi connectivity index (χ1) is 9.81. The number of nitrogens with one attached hydrogen (secondary N) is 1. The molecule has 3 rings (SSSR count). The topological polar surface area (TPSA) is 53.9 Å². The van der Waals surface area contributed by atoms with Crippen LogP contribution < -0.4 is 10.2 Å². The van der Waals surface area contributed by atoms with Gasteiger partial charge in [-0.3, -0.25) is 4.98 Å². The molecule has 0 saturated carbocycles. The fourth-order valence-electron chi connectivity index (χ4n) is 2.55. The first-order valence-electron chi connectivity index (χ1n) is 7.02. The minimum atomic E-state index is 0.511. The Hall–Kier alpha value is -2.17. The number of rotatable bonds is 3. The highest BCUT2D eigenvalue weighted by Gasteiger charge is 2.20. The van der Waals surface area contributed by atoms with Crippen molar-refractivity contribution in [1.82, 2.24) is 15.0 Å². The van der Waals surface area contributed by atoms with Crippen LogP contribution in [0, 0.1) is 6.92 Å². The molecule has 0 amide bonds. The second-order valence-electron chi connectivity index (χ2n) is 5.14. The highest BCUT2D eigenvalue weighted by atomic mass is 15.3. The van der Waals surface area contributed by atoms with Gasteiger partial charge in [-0.25, -0.2) is 9.97 Å². The van der Waals surface area contributed by atoms with Crippen molar-refractivity contribution in [2.24, 2.45) is 0 Å². The van der Waals surface area contributed by atoms with Crippen LogP contribution in [0.4, 0.5) is 11.6 Å². The lowest BCUT2D eigenvalue weighted by molar-refractivity contribution is 0.520. The van der Waals surface area contributed by atoms with E-state index in [4.69, 9.17) is 0 Å². The molecule has 104 valence electrons. The molecule has 2 aromatic rings. The Kier molecular flexibility index (Phi) is 3.76. The van der Waals surface area contributed by atoms with Crippen molar-refractivity contribution in [3.8, 4) is 0 Å². The minimum absolute atomic E-state index is 0.511. The number of nitrogens with zero attached hydrogens (tertiary/aromatic N) is 4. The highest BCUT2D eigenvalue weighted by molar-refractivity contribution is 5.44. The van der Waals surface area contributed by atoms with Gasteiger partial charge in [-0.1, -0.05) is 0 Å². The number of hydrogen-bond donors (Lipinski definition) is 1. The van der Waals surface area contributed by atoms with Gasteiger partial charge >= 0.3 is 0 Å². The van der Waals surface area contributed by atoms with E-state index in [1.54, 1.807) is 12.4 Å². The maximum Gasteiger partial charge on any atom is 0.225 e. The van der Waals surface area contributed by atoms with Crippen molar-refractivity contribution in [1.29, 1.82) is 0 Å². The molecular formula is C15H19N5. The zero-order chi connectivity index (χ0) is 13.8. The van der Waals surface area contributed by atoms with Gasteiger partial charge in [0.2, 0.25) is 5.95 Å². The molecule has 0 aromatic carbocycles. The second kappa shape index (κ2) is 5.86. The van der Waals surface area contributed by atoms with E-state index >= 15 is 0 Å². The minimum Gasteiger partial charge on any atom is -0.382 e. The summed E-state index contributed by atoms with van der Waals surface area (Å²) >= 11 is 0. The van der Waals surface area contributed by atoms with Crippen molar-refractivity contribution < 1.29 is 0 Å². The molecule has 0 bridgehead atoms. The molecule has 20 heavy (non-hydrogen) atoms. The van der Waals surface area contributed by atoms with Gasteiger partial charge in [0.05, 0.1) is 0 Å². The Morgan fingerprint density at radius 3 is 2.55 bits per heavy atom. The second-order valence-corrected chi connectivity index (χ2v) is 5.14. The summed E-state index contributed by atoms with van der Waals surface area (Å²) in [6.07, 6.45) is 7.64. The Labute approximate surface area is 119 Å². The number of hydrogen-bond acceptors (Lipinski definition) is 5. The number of pyridine rings is 1. The number of aromatic nitrogens is 3. The van der Waals surface area contributed by atoms with Gasteiger partial charge in [-0.05, 0) is 38.0 Å². The predicted molar refractivity (Wildman–Crippen MR) is 79.9 cm³/mol. The average Bonchev–Trinajstić information content (AvgIpc) is 2.49. The predicted octanol–water partition coefficient (Wildman–Crippen LogP) is 2.26. The van der Waals surface area contributed by atoms with Crippen molar-refractivity contribution in [3.63, 3.8) is 0 Å². The van der Waals surface area contributed by atoms with Crippen LogP contribution in [0.15, 0.2) is 36.8 Å². The van der Waals surface area contributed by atoms with Gasteiger partial charge in [0, 0.05) is 49.1 Å². The molecule has 1 fully saturated rings. The van der Waals surface area contributed by atoms with Gasteiger partial charge in [-0.15, -0.1) is 0 Å². The molecular weight excluding hydrogens is 250 g/mol. The molecule has 1 N–H and O–H groups in total. The van der Waals surface area contributed by atoms with E-state index in [1.807, 2.05) is 25.3 Å². The third-order valence-electron chi connectivity index (χ3n) is 3.60. The summed E-state index contributed by atoms with van der Waals surface area (Å²) in [4.78, 5) is 15.1. The first-order valence-corrected chi connectivity index (χ1v) is 7.02. The smallest absolute Gasteiger partial charge is 0.225 e. The normalized spacial score (nSPS) is 16.1. The third kappa shape index (κ3) is 3.04. The molecule has 0 atom stereocenters. The van der Waals surface area contributed by atoms with E-state index in [0.29, 0.717) is 6.04 Å². The molecule has 2 aromatic heterocycles. The summed E-state index contributed by atoms with van der Waals surface area (Å²) in [5.41, 5.74) is 2.21. The zero-order valence-corrected chi connectivity index (χ0v) is 11.7. The zero-order valence-electron chi connectivity index (χ0n) is 11.7. The van der Waals surface area contributed by atoms with Gasteiger partial charge in [0.25, 0.3) is 0 Å². The molecule has 3 heterocycles. The lowest BCUT2D eigenvalue weighted by Gasteiger charge is -2.32. The fraction of sp³-hybridized carbons (Fsp3) is 0.400. The van der Waals surface area contributed by atoms with Crippen LogP contribution in [0.3, 0.4) is 0 Å². The van der Waals surface area contributed by atoms with Crippen LogP contribution in [-0.2, 0) is 0 Å². The van der Waals surface area contributed by atoms with Crippen LogP contribution in [0.2, 0.25) is 0 Å². The summed E-state index contributed by atoms with van der Waals surface area (Å²) in [7, 11) is 0. The number of piperidine rings is 1. The third-order valence-corrected chi connectivity index (χ3v) is 3.60. The van der Waals surface area contributed by atoms with Crippen molar-refractivity contribution in [2.45, 2.75) is 25.8 Å². The largest absolute Gasteiger partial charge is 0.382 e. The maximum atomic E-state index is 4.31. The number of anilines is 2. The van der Waals surface area contributed by atoms with Crippen LogP contribution in [0.25, 0.3) is 0 Å². The van der Waals surface area contributed by atoms with E-state index in [0.717, 1.165) is 43.3 Å². The van der Waals surface area contributed by atoms with Crippen LogP contribution >= 0.6 is 0 Å². The summed E-state index contributed by atoms with van der Waals surface area (Å²) in [6, 6.07) is 6.48. The Morgan fingerprint density at radius 1 is 1.10 bits per heavy atom. The summed E-state index contributed by atoms with van der Waals surface area (Å²) in [5.74, 6) is 0.839. The average molecular weight is 269 g/mol. The summed E-state index contributed by atoms with van der Waals surface area (Å²) in [6.45, 7) is 4.00. The van der Waals surface area contributed by atoms with Gasteiger partial charge in [0.1, 0.15) is 0 Å². The van der Waals surface area contributed by atoms with E-state index < -0.39 is 0 Å². The van der Waals surface area contributed by atoms with Gasteiger partial charge in [-0.2, -0.15) is 0 Å². The quantitative estimate of drug-likeness (QED) is 0.926. The summed E-state index contributed by atoms with van der Waals surface area (Å²) < 4.78 is 0. The van der Waals surface area contributed by atoms with Crippen molar-refractivity contribution in [2.75, 3.05) is 23.3 Å². The number of aryl methyl sites for hydroxylation is 1.